The van der Waals surface area contributed by atoms with Crippen molar-refractivity contribution < 1.29 is 0 Å². The van der Waals surface area contributed by atoms with Crippen molar-refractivity contribution in [2.75, 3.05) is 0 Å². The molecule has 0 saturated carbocycles. The number of fused-ring (bicyclic) bond motifs is 2. The molecule has 0 amide bonds. The highest BCUT2D eigenvalue weighted by Crippen LogP contribution is 2.41. The van der Waals surface area contributed by atoms with Crippen LogP contribution in [-0.4, -0.2) is 7.85 Å². The SMILES string of the molecule is [B]c1c(C)c(C)c(C)c(C)c1-c1ccc2c(-c3cccc(-c4ccccc4)c3)c3c(c(-c4c(C)c(C)c(C)c(C)c4C)c2c1)=CCCC=3. The number of hydrogen-bond donors (Lipinski definition) is 0. The van der Waals surface area contributed by atoms with E-state index >= 15 is 0 Å². The van der Waals surface area contributed by atoms with Crippen molar-refractivity contribution in [1.29, 1.82) is 0 Å². The highest BCUT2D eigenvalue weighted by molar-refractivity contribution is 6.37. The summed E-state index contributed by atoms with van der Waals surface area (Å²) in [6.07, 6.45) is 7.08. The molecule has 1 heteroatoms. The zero-order valence-corrected chi connectivity index (χ0v) is 30.1. The zero-order valence-electron chi connectivity index (χ0n) is 30.1. The molecule has 7 rings (SSSR count). The monoisotopic (exact) mass is 620 g/mol. The predicted octanol–water partition coefficient (Wildman–Crippen LogP) is 10.4. The molecule has 0 atom stereocenters. The molecule has 0 nitrogen and oxygen atoms in total. The highest BCUT2D eigenvalue weighted by atomic mass is 14.3. The summed E-state index contributed by atoms with van der Waals surface area (Å²) < 4.78 is 0. The van der Waals surface area contributed by atoms with Crippen LogP contribution in [0.4, 0.5) is 0 Å². The number of rotatable bonds is 4. The van der Waals surface area contributed by atoms with Gasteiger partial charge in [0, 0.05) is 0 Å². The highest BCUT2D eigenvalue weighted by Gasteiger charge is 2.23. The second-order valence-corrected chi connectivity index (χ2v) is 14.1. The van der Waals surface area contributed by atoms with E-state index < -0.39 is 0 Å². The molecular weight excluding hydrogens is 575 g/mol. The van der Waals surface area contributed by atoms with Crippen molar-refractivity contribution in [3.8, 4) is 44.5 Å². The van der Waals surface area contributed by atoms with Crippen molar-refractivity contribution in [2.24, 2.45) is 0 Å². The Morgan fingerprint density at radius 1 is 0.375 bits per heavy atom. The lowest BCUT2D eigenvalue weighted by Gasteiger charge is -2.24. The molecule has 0 aromatic heterocycles. The van der Waals surface area contributed by atoms with Gasteiger partial charge in [0.15, 0.2) is 0 Å². The van der Waals surface area contributed by atoms with Crippen molar-refractivity contribution in [3.05, 3.63) is 133 Å². The van der Waals surface area contributed by atoms with Crippen LogP contribution in [0.5, 0.6) is 0 Å². The molecule has 0 unspecified atom stereocenters. The molecule has 0 saturated heterocycles. The Morgan fingerprint density at radius 2 is 0.875 bits per heavy atom. The maximum absolute atomic E-state index is 6.98. The molecule has 1 aliphatic carbocycles. The van der Waals surface area contributed by atoms with E-state index in [0.717, 1.165) is 23.9 Å². The van der Waals surface area contributed by atoms with E-state index in [9.17, 15) is 0 Å². The fraction of sp³-hybridized carbons (Fsp3) is 0.234. The third-order valence-corrected chi connectivity index (χ3v) is 11.8. The minimum atomic E-state index is 0.888. The maximum Gasteiger partial charge on any atom is 0.115 e. The molecule has 2 radical (unpaired) electrons. The predicted molar refractivity (Wildman–Crippen MR) is 211 cm³/mol. The summed E-state index contributed by atoms with van der Waals surface area (Å²) in [5.41, 5.74) is 23.0. The summed E-state index contributed by atoms with van der Waals surface area (Å²) >= 11 is 0. The fourth-order valence-corrected chi connectivity index (χ4v) is 8.22. The van der Waals surface area contributed by atoms with Gasteiger partial charge in [0.25, 0.3) is 0 Å². The zero-order chi connectivity index (χ0) is 34.0. The smallest absolute Gasteiger partial charge is 0.0856 e. The molecule has 0 spiro atoms. The normalized spacial score (nSPS) is 12.5. The first kappa shape index (κ1) is 32.0. The van der Waals surface area contributed by atoms with Crippen LogP contribution >= 0.6 is 0 Å². The molecule has 48 heavy (non-hydrogen) atoms. The molecular formula is C47H45B. The molecule has 6 aromatic rings. The van der Waals surface area contributed by atoms with Gasteiger partial charge in [-0.3, -0.25) is 0 Å². The largest absolute Gasteiger partial charge is 0.115 e. The van der Waals surface area contributed by atoms with Gasteiger partial charge >= 0.3 is 0 Å². The van der Waals surface area contributed by atoms with E-state index in [1.807, 2.05) is 0 Å². The minimum absolute atomic E-state index is 0.888. The van der Waals surface area contributed by atoms with E-state index in [-0.39, 0.29) is 0 Å². The summed E-state index contributed by atoms with van der Waals surface area (Å²) in [6.45, 7) is 20.3. The molecule has 0 heterocycles. The quantitative estimate of drug-likeness (QED) is 0.172. The van der Waals surface area contributed by atoms with Gasteiger partial charge in [0.05, 0.1) is 0 Å². The number of benzene rings is 6. The first-order chi connectivity index (χ1) is 23.0. The summed E-state index contributed by atoms with van der Waals surface area (Å²) in [5, 5.41) is 5.30. The van der Waals surface area contributed by atoms with Crippen LogP contribution in [0.15, 0.2) is 72.8 Å². The second kappa shape index (κ2) is 12.1. The molecule has 236 valence electrons. The van der Waals surface area contributed by atoms with Gasteiger partial charge in [-0.05, 0) is 198 Å². The summed E-state index contributed by atoms with van der Waals surface area (Å²) in [6, 6.07) is 27.0. The van der Waals surface area contributed by atoms with Crippen LogP contribution in [0, 0.1) is 62.3 Å². The molecule has 0 bridgehead atoms. The van der Waals surface area contributed by atoms with Crippen LogP contribution in [0.25, 0.3) is 67.4 Å². The van der Waals surface area contributed by atoms with E-state index in [4.69, 9.17) is 7.85 Å². The Hall–Kier alpha value is -4.62. The average Bonchev–Trinajstić information content (AvgIpc) is 3.11. The van der Waals surface area contributed by atoms with Crippen LogP contribution in [0.3, 0.4) is 0 Å². The van der Waals surface area contributed by atoms with Crippen LogP contribution < -0.4 is 15.9 Å². The van der Waals surface area contributed by atoms with Gasteiger partial charge in [-0.2, -0.15) is 0 Å². The van der Waals surface area contributed by atoms with Gasteiger partial charge in [-0.1, -0.05) is 83.8 Å². The lowest BCUT2D eigenvalue weighted by Crippen LogP contribution is -2.32. The van der Waals surface area contributed by atoms with Crippen LogP contribution in [-0.2, 0) is 0 Å². The third-order valence-electron chi connectivity index (χ3n) is 11.8. The van der Waals surface area contributed by atoms with Gasteiger partial charge in [-0.15, -0.1) is 0 Å². The second-order valence-electron chi connectivity index (χ2n) is 14.1. The van der Waals surface area contributed by atoms with E-state index in [1.54, 1.807) is 0 Å². The van der Waals surface area contributed by atoms with Crippen LogP contribution in [0.2, 0.25) is 0 Å². The Morgan fingerprint density at radius 3 is 1.52 bits per heavy atom. The van der Waals surface area contributed by atoms with Gasteiger partial charge < -0.3 is 0 Å². The molecule has 0 aliphatic heterocycles. The van der Waals surface area contributed by atoms with Crippen LogP contribution in [0.1, 0.15) is 62.9 Å². The Balaban J connectivity index is 1.67. The minimum Gasteiger partial charge on any atom is -0.0856 e. The molecule has 1 aliphatic rings. The Kier molecular flexibility index (Phi) is 8.07. The summed E-state index contributed by atoms with van der Waals surface area (Å²) in [4.78, 5) is 0. The first-order valence-corrected chi connectivity index (χ1v) is 17.4. The fourth-order valence-electron chi connectivity index (χ4n) is 8.22. The van der Waals surface area contributed by atoms with Crippen molar-refractivity contribution >= 4 is 36.2 Å². The molecule has 0 fully saturated rings. The van der Waals surface area contributed by atoms with Gasteiger partial charge in [0.1, 0.15) is 7.85 Å². The number of hydrogen-bond acceptors (Lipinski definition) is 0. The summed E-state index contributed by atoms with van der Waals surface area (Å²) in [5.74, 6) is 0. The topological polar surface area (TPSA) is 0 Å². The van der Waals surface area contributed by atoms with E-state index in [1.165, 1.54) is 110 Å². The third kappa shape index (κ3) is 4.90. The standard InChI is InChI=1S/C47H45B/c1-26-27(2)31(6)43(32(7)28(26)3)46-40-21-14-13-20-39(40)45(37-19-15-18-36(24-37)35-16-11-10-12-17-35)41-23-22-38(25-42(41)46)44-33(8)29(4)30(5)34(9)47(44)48/h10-12,15-25H,13-14H2,1-9H3. The van der Waals surface area contributed by atoms with Crippen molar-refractivity contribution in [3.63, 3.8) is 0 Å². The average molecular weight is 621 g/mol. The van der Waals surface area contributed by atoms with Gasteiger partial charge in [-0.25, -0.2) is 0 Å². The first-order valence-electron chi connectivity index (χ1n) is 17.4. The van der Waals surface area contributed by atoms with E-state index in [0.29, 0.717) is 0 Å². The van der Waals surface area contributed by atoms with Crippen molar-refractivity contribution in [1.82, 2.24) is 0 Å². The molecule has 6 aromatic carbocycles. The summed E-state index contributed by atoms with van der Waals surface area (Å²) in [7, 11) is 6.98. The molecule has 0 N–H and O–H groups in total. The lowest BCUT2D eigenvalue weighted by atomic mass is 9.76. The Bertz CT molecular complexity index is 2360. The Labute approximate surface area is 288 Å². The maximum atomic E-state index is 6.98. The lowest BCUT2D eigenvalue weighted by molar-refractivity contribution is 1.12. The van der Waals surface area contributed by atoms with Gasteiger partial charge in [0.2, 0.25) is 0 Å². The van der Waals surface area contributed by atoms with Crippen molar-refractivity contribution in [2.45, 2.75) is 75.2 Å². The van der Waals surface area contributed by atoms with E-state index in [2.05, 4.69) is 147 Å².